The zero-order chi connectivity index (χ0) is 26.0. The lowest BCUT2D eigenvalue weighted by Gasteiger charge is -2.60. The molecule has 4 fully saturated rings. The summed E-state index contributed by atoms with van der Waals surface area (Å²) in [5.41, 5.74) is 0.0327. The van der Waals surface area contributed by atoms with Crippen molar-refractivity contribution >= 4 is 5.78 Å². The van der Waals surface area contributed by atoms with E-state index in [4.69, 9.17) is 9.47 Å². The summed E-state index contributed by atoms with van der Waals surface area (Å²) in [6, 6.07) is 0. The Bertz CT molecular complexity index is 1050. The fourth-order valence-electron chi connectivity index (χ4n) is 9.67. The van der Waals surface area contributed by atoms with E-state index in [-0.39, 0.29) is 36.1 Å². The fraction of sp³-hybridized carbons (Fsp3) is 0.828. The second-order valence-corrected chi connectivity index (χ2v) is 13.4. The number of ketones is 1. The molecule has 7 nitrogen and oxygen atoms in total. The second-order valence-electron chi connectivity index (χ2n) is 13.4. The Balaban J connectivity index is 1.36. The Morgan fingerprint density at radius 3 is 2.50 bits per heavy atom. The molecule has 6 rings (SSSR count). The molecule has 0 amide bonds. The van der Waals surface area contributed by atoms with E-state index >= 15 is 0 Å². The average Bonchev–Trinajstić information content (AvgIpc) is 3.24. The largest absolute Gasteiger partial charge is 0.390 e. The maximum atomic E-state index is 13.4. The lowest BCUT2D eigenvalue weighted by Crippen LogP contribution is -2.62. The molecule has 4 aliphatic carbocycles. The lowest BCUT2D eigenvalue weighted by molar-refractivity contribution is -0.164. The van der Waals surface area contributed by atoms with Crippen LogP contribution < -0.4 is 0 Å². The Morgan fingerprint density at radius 1 is 1.08 bits per heavy atom. The molecule has 1 saturated heterocycles. The van der Waals surface area contributed by atoms with Gasteiger partial charge in [0, 0.05) is 17.8 Å². The van der Waals surface area contributed by atoms with Gasteiger partial charge in [-0.05, 0) is 99.3 Å². The number of hydrogen-bond donors (Lipinski definition) is 4. The molecule has 0 aromatic rings. The van der Waals surface area contributed by atoms with E-state index in [1.165, 1.54) is 0 Å². The predicted octanol–water partition coefficient (Wildman–Crippen LogP) is 2.79. The van der Waals surface area contributed by atoms with Crippen LogP contribution in [-0.4, -0.2) is 68.1 Å². The van der Waals surface area contributed by atoms with Crippen LogP contribution in [0.15, 0.2) is 22.8 Å². The summed E-state index contributed by atoms with van der Waals surface area (Å²) in [4.78, 5) is 13.4. The van der Waals surface area contributed by atoms with Crippen LogP contribution in [0, 0.1) is 28.6 Å². The summed E-state index contributed by atoms with van der Waals surface area (Å²) in [5.74, 6) is -0.337. The van der Waals surface area contributed by atoms with Gasteiger partial charge < -0.3 is 29.9 Å². The lowest BCUT2D eigenvalue weighted by atomic mass is 9.45. The number of aliphatic hydroxyl groups is 4. The van der Waals surface area contributed by atoms with Gasteiger partial charge in [0.15, 0.2) is 12.1 Å². The molecule has 12 atom stereocenters. The predicted molar refractivity (Wildman–Crippen MR) is 132 cm³/mol. The van der Waals surface area contributed by atoms with Crippen molar-refractivity contribution in [3.05, 3.63) is 22.8 Å². The van der Waals surface area contributed by atoms with Crippen LogP contribution in [0.5, 0.6) is 0 Å². The molecule has 200 valence electrons. The highest BCUT2D eigenvalue weighted by Crippen LogP contribution is 2.70. The van der Waals surface area contributed by atoms with Crippen molar-refractivity contribution in [2.45, 2.75) is 121 Å². The summed E-state index contributed by atoms with van der Waals surface area (Å²) in [7, 11) is 0. The first-order valence-electron chi connectivity index (χ1n) is 13.8. The van der Waals surface area contributed by atoms with Crippen LogP contribution in [0.2, 0.25) is 0 Å². The van der Waals surface area contributed by atoms with Crippen molar-refractivity contribution in [3.63, 3.8) is 0 Å². The Morgan fingerprint density at radius 2 is 1.81 bits per heavy atom. The summed E-state index contributed by atoms with van der Waals surface area (Å²) in [6.45, 7) is 10.1. The van der Waals surface area contributed by atoms with Gasteiger partial charge in [0.2, 0.25) is 0 Å². The molecule has 1 unspecified atom stereocenters. The zero-order valence-electron chi connectivity index (χ0n) is 22.2. The number of ether oxygens (including phenoxy) is 2. The molecule has 2 heterocycles. The molecule has 2 bridgehead atoms. The summed E-state index contributed by atoms with van der Waals surface area (Å²) < 4.78 is 13.0. The van der Waals surface area contributed by atoms with E-state index in [9.17, 15) is 25.2 Å². The highest BCUT2D eigenvalue weighted by molar-refractivity contribution is 5.95. The van der Waals surface area contributed by atoms with E-state index in [0.717, 1.165) is 36.0 Å². The SMILES string of the molecule is CC1=C(C(C)O)C[C@H]2O[C@@H]1O[C@]2(C)[C@H]1CC[C@@]2(O)C3=CC(=O)[C@@H]4C[C@@H](O)[C@@H](O)C[C@]4(C)[C@H]3CC[C@]12C. The Labute approximate surface area is 213 Å². The fourth-order valence-corrected chi connectivity index (χ4v) is 9.67. The van der Waals surface area contributed by atoms with Crippen LogP contribution in [-0.2, 0) is 14.3 Å². The van der Waals surface area contributed by atoms with E-state index in [1.54, 1.807) is 13.0 Å². The van der Waals surface area contributed by atoms with E-state index in [0.29, 0.717) is 19.3 Å². The summed E-state index contributed by atoms with van der Waals surface area (Å²) in [6.07, 6.45) is 2.95. The van der Waals surface area contributed by atoms with Crippen LogP contribution in [0.3, 0.4) is 0 Å². The zero-order valence-corrected chi connectivity index (χ0v) is 22.2. The molecular weight excluding hydrogens is 460 g/mol. The Hall–Kier alpha value is -1.09. The molecule has 36 heavy (non-hydrogen) atoms. The molecule has 7 heteroatoms. The molecule has 4 N–H and O–H groups in total. The van der Waals surface area contributed by atoms with E-state index in [2.05, 4.69) is 20.8 Å². The highest BCUT2D eigenvalue weighted by Gasteiger charge is 2.71. The number of aliphatic hydroxyl groups excluding tert-OH is 3. The van der Waals surface area contributed by atoms with Crippen molar-refractivity contribution in [2.75, 3.05) is 0 Å². The Kier molecular flexibility index (Phi) is 5.41. The van der Waals surface area contributed by atoms with Gasteiger partial charge in [-0.15, -0.1) is 0 Å². The van der Waals surface area contributed by atoms with E-state index < -0.39 is 46.6 Å². The van der Waals surface area contributed by atoms with Crippen LogP contribution in [0.1, 0.15) is 79.6 Å². The molecule has 2 aliphatic heterocycles. The minimum absolute atomic E-state index is 0.00212. The monoisotopic (exact) mass is 502 g/mol. The molecule has 0 aromatic carbocycles. The summed E-state index contributed by atoms with van der Waals surface area (Å²) in [5, 5.41) is 43.7. The topological polar surface area (TPSA) is 116 Å². The number of allylic oxidation sites excluding steroid dienone is 1. The number of fused-ring (bicyclic) bond motifs is 7. The second kappa shape index (κ2) is 7.73. The highest BCUT2D eigenvalue weighted by atomic mass is 16.7. The van der Waals surface area contributed by atoms with Crippen molar-refractivity contribution in [2.24, 2.45) is 28.6 Å². The minimum Gasteiger partial charge on any atom is -0.390 e. The third-order valence-electron chi connectivity index (χ3n) is 11.9. The average molecular weight is 503 g/mol. The first-order valence-corrected chi connectivity index (χ1v) is 13.8. The first kappa shape index (κ1) is 25.2. The van der Waals surface area contributed by atoms with Crippen molar-refractivity contribution in [1.29, 1.82) is 0 Å². The van der Waals surface area contributed by atoms with Gasteiger partial charge in [-0.3, -0.25) is 4.79 Å². The third kappa shape index (κ3) is 2.99. The molecule has 0 radical (unpaired) electrons. The van der Waals surface area contributed by atoms with Crippen LogP contribution in [0.4, 0.5) is 0 Å². The van der Waals surface area contributed by atoms with Gasteiger partial charge in [-0.2, -0.15) is 0 Å². The summed E-state index contributed by atoms with van der Waals surface area (Å²) >= 11 is 0. The maximum Gasteiger partial charge on any atom is 0.181 e. The van der Waals surface area contributed by atoms with Crippen molar-refractivity contribution < 1.29 is 34.7 Å². The number of hydrogen-bond acceptors (Lipinski definition) is 7. The van der Waals surface area contributed by atoms with Crippen molar-refractivity contribution in [3.8, 4) is 0 Å². The first-order chi connectivity index (χ1) is 16.8. The van der Waals surface area contributed by atoms with Crippen molar-refractivity contribution in [1.82, 2.24) is 0 Å². The molecule has 6 aliphatic rings. The van der Waals surface area contributed by atoms with Gasteiger partial charge >= 0.3 is 0 Å². The standard InChI is InChI=1S/C29H42O7/c1-14-16(15(2)30)10-24-28(5,36-25(14)35-24)23-7-9-29(34)18-11-20(31)19-12-21(32)22(33)13-26(19,3)17(18)6-8-27(23,29)4/h11,15,17,19,21-25,30,32-34H,6-10,12-13H2,1-5H3/t15?,17-,19-,21+,22-,23-,24+,25+,26+,27+,28+,29+/m0/s1. The number of carbonyl (C=O) groups excluding carboxylic acids is 1. The van der Waals surface area contributed by atoms with Gasteiger partial charge in [-0.1, -0.05) is 13.8 Å². The third-order valence-corrected chi connectivity index (χ3v) is 11.9. The van der Waals surface area contributed by atoms with Crippen LogP contribution in [0.25, 0.3) is 0 Å². The van der Waals surface area contributed by atoms with Gasteiger partial charge in [0.25, 0.3) is 0 Å². The smallest absolute Gasteiger partial charge is 0.181 e. The minimum atomic E-state index is -1.14. The molecular formula is C29H42O7. The van der Waals surface area contributed by atoms with Gasteiger partial charge in [-0.25, -0.2) is 0 Å². The molecule has 0 spiro atoms. The quantitative estimate of drug-likeness (QED) is 0.429. The molecule has 0 aromatic heterocycles. The molecule has 3 saturated carbocycles. The normalized spacial score (nSPS) is 55.1. The number of carbonyl (C=O) groups is 1. The van der Waals surface area contributed by atoms with Gasteiger partial charge in [0.1, 0.15) is 0 Å². The van der Waals surface area contributed by atoms with E-state index in [1.807, 2.05) is 6.92 Å². The maximum absolute atomic E-state index is 13.4. The van der Waals surface area contributed by atoms with Gasteiger partial charge in [0.05, 0.1) is 35.6 Å². The number of rotatable bonds is 2. The van der Waals surface area contributed by atoms with Crippen LogP contribution >= 0.6 is 0 Å².